The van der Waals surface area contributed by atoms with E-state index < -0.39 is 4.92 Å². The molecule has 0 unspecified atom stereocenters. The van der Waals surface area contributed by atoms with Gasteiger partial charge in [-0.2, -0.15) is 0 Å². The van der Waals surface area contributed by atoms with Gasteiger partial charge in [0.2, 0.25) is 0 Å². The lowest BCUT2D eigenvalue weighted by Crippen LogP contribution is -2.44. The summed E-state index contributed by atoms with van der Waals surface area (Å²) < 4.78 is 5.23. The SMILES string of the molecule is CCC(C)(C)NC(=O)COc1cccc([N+](=O)[O-])c1. The number of ether oxygens (including phenoxy) is 1. The number of hydrogen-bond acceptors (Lipinski definition) is 4. The van der Waals surface area contributed by atoms with Gasteiger partial charge in [-0.15, -0.1) is 0 Å². The Bertz CT molecular complexity index is 471. The second kappa shape index (κ2) is 6.17. The van der Waals surface area contributed by atoms with Crippen LogP contribution in [0.5, 0.6) is 5.75 Å². The second-order valence-electron chi connectivity index (χ2n) is 4.83. The average Bonchev–Trinajstić information content (AvgIpc) is 2.36. The quantitative estimate of drug-likeness (QED) is 0.632. The fourth-order valence-corrected chi connectivity index (χ4v) is 1.34. The standard InChI is InChI=1S/C13H18N2O4/c1-4-13(2,3)14-12(16)9-19-11-7-5-6-10(8-11)15(17)18/h5-8H,4,9H2,1-3H3,(H,14,16). The zero-order valence-corrected chi connectivity index (χ0v) is 11.3. The highest BCUT2D eigenvalue weighted by Crippen LogP contribution is 2.19. The zero-order chi connectivity index (χ0) is 14.5. The Morgan fingerprint density at radius 3 is 2.74 bits per heavy atom. The minimum absolute atomic E-state index is 0.0632. The van der Waals surface area contributed by atoms with Crippen molar-refractivity contribution in [3.05, 3.63) is 34.4 Å². The summed E-state index contributed by atoms with van der Waals surface area (Å²) in [6.45, 7) is 5.64. The smallest absolute Gasteiger partial charge is 0.273 e. The molecule has 19 heavy (non-hydrogen) atoms. The molecule has 1 rings (SSSR count). The van der Waals surface area contributed by atoms with Crippen molar-refractivity contribution < 1.29 is 14.5 Å². The Morgan fingerprint density at radius 1 is 1.47 bits per heavy atom. The average molecular weight is 266 g/mol. The van der Waals surface area contributed by atoms with Crippen LogP contribution in [0.25, 0.3) is 0 Å². The monoisotopic (exact) mass is 266 g/mol. The summed E-state index contributed by atoms with van der Waals surface area (Å²) in [5, 5.41) is 13.4. The molecule has 104 valence electrons. The lowest BCUT2D eigenvalue weighted by molar-refractivity contribution is -0.384. The Kier molecular flexibility index (Phi) is 4.86. The lowest BCUT2D eigenvalue weighted by Gasteiger charge is -2.24. The van der Waals surface area contributed by atoms with E-state index in [-0.39, 0.29) is 23.7 Å². The molecule has 0 spiro atoms. The number of amides is 1. The number of hydrogen-bond donors (Lipinski definition) is 1. The summed E-state index contributed by atoms with van der Waals surface area (Å²) in [7, 11) is 0. The van der Waals surface area contributed by atoms with E-state index in [0.717, 1.165) is 6.42 Å². The Hall–Kier alpha value is -2.11. The number of nitrogens with one attached hydrogen (secondary N) is 1. The summed E-state index contributed by atoms with van der Waals surface area (Å²) >= 11 is 0. The fourth-order valence-electron chi connectivity index (χ4n) is 1.34. The van der Waals surface area contributed by atoms with Crippen molar-refractivity contribution in [2.75, 3.05) is 6.61 Å². The van der Waals surface area contributed by atoms with Gasteiger partial charge in [-0.25, -0.2) is 0 Å². The largest absolute Gasteiger partial charge is 0.484 e. The van der Waals surface area contributed by atoms with E-state index in [2.05, 4.69) is 5.32 Å². The molecule has 0 saturated carbocycles. The molecule has 1 aromatic carbocycles. The maximum absolute atomic E-state index is 11.6. The van der Waals surface area contributed by atoms with E-state index in [4.69, 9.17) is 4.74 Å². The molecular weight excluding hydrogens is 248 g/mol. The van der Waals surface area contributed by atoms with Crippen LogP contribution >= 0.6 is 0 Å². The van der Waals surface area contributed by atoms with Gasteiger partial charge in [0.15, 0.2) is 6.61 Å². The number of carbonyl (C=O) groups is 1. The van der Waals surface area contributed by atoms with Crippen LogP contribution in [0.1, 0.15) is 27.2 Å². The summed E-state index contributed by atoms with van der Waals surface area (Å²) in [4.78, 5) is 21.7. The Labute approximate surface area is 111 Å². The molecule has 6 heteroatoms. The summed E-state index contributed by atoms with van der Waals surface area (Å²) in [6, 6.07) is 5.75. The molecule has 0 aliphatic heterocycles. The van der Waals surface area contributed by atoms with E-state index in [9.17, 15) is 14.9 Å². The molecule has 1 N–H and O–H groups in total. The Morgan fingerprint density at radius 2 is 2.16 bits per heavy atom. The number of non-ortho nitro benzene ring substituents is 1. The first kappa shape index (κ1) is 14.9. The molecule has 1 aromatic rings. The van der Waals surface area contributed by atoms with Gasteiger partial charge in [0.25, 0.3) is 11.6 Å². The summed E-state index contributed by atoms with van der Waals surface area (Å²) in [5.41, 5.74) is -0.352. The molecule has 0 radical (unpaired) electrons. The van der Waals surface area contributed by atoms with Crippen LogP contribution in [0.2, 0.25) is 0 Å². The van der Waals surface area contributed by atoms with Crippen LogP contribution in [-0.4, -0.2) is 23.0 Å². The van der Waals surface area contributed by atoms with Gasteiger partial charge in [-0.1, -0.05) is 13.0 Å². The normalized spacial score (nSPS) is 10.9. The maximum atomic E-state index is 11.6. The van der Waals surface area contributed by atoms with Crippen LogP contribution < -0.4 is 10.1 Å². The first-order valence-corrected chi connectivity index (χ1v) is 6.02. The molecule has 0 heterocycles. The predicted molar refractivity (Wildman–Crippen MR) is 71.1 cm³/mol. The minimum Gasteiger partial charge on any atom is -0.484 e. The van der Waals surface area contributed by atoms with Gasteiger partial charge in [0, 0.05) is 11.6 Å². The number of nitro groups is 1. The molecule has 1 amide bonds. The van der Waals surface area contributed by atoms with Gasteiger partial charge in [0.1, 0.15) is 5.75 Å². The van der Waals surface area contributed by atoms with Gasteiger partial charge in [0.05, 0.1) is 11.0 Å². The van der Waals surface area contributed by atoms with Crippen LogP contribution in [0.4, 0.5) is 5.69 Å². The highest BCUT2D eigenvalue weighted by Gasteiger charge is 2.18. The number of carbonyl (C=O) groups excluding carboxylic acids is 1. The fraction of sp³-hybridized carbons (Fsp3) is 0.462. The number of benzene rings is 1. The third-order valence-electron chi connectivity index (χ3n) is 2.76. The van der Waals surface area contributed by atoms with E-state index >= 15 is 0 Å². The number of nitro benzene ring substituents is 1. The van der Waals surface area contributed by atoms with Crippen molar-refractivity contribution in [3.8, 4) is 5.75 Å². The number of nitrogens with zero attached hydrogens (tertiary/aromatic N) is 1. The molecule has 0 aromatic heterocycles. The van der Waals surface area contributed by atoms with Crippen LogP contribution in [0, 0.1) is 10.1 Å². The highest BCUT2D eigenvalue weighted by molar-refractivity contribution is 5.78. The second-order valence-corrected chi connectivity index (χ2v) is 4.83. The summed E-state index contributed by atoms with van der Waals surface area (Å²) in [6.07, 6.45) is 0.801. The third kappa shape index (κ3) is 4.95. The van der Waals surface area contributed by atoms with Crippen molar-refractivity contribution in [1.82, 2.24) is 5.32 Å². The topological polar surface area (TPSA) is 81.5 Å². The molecule has 0 bridgehead atoms. The molecule has 0 fully saturated rings. The van der Waals surface area contributed by atoms with Crippen LogP contribution in [0.15, 0.2) is 24.3 Å². The van der Waals surface area contributed by atoms with E-state index in [1.807, 2.05) is 20.8 Å². The van der Waals surface area contributed by atoms with Crippen molar-refractivity contribution in [3.63, 3.8) is 0 Å². The van der Waals surface area contributed by atoms with Crippen molar-refractivity contribution in [2.45, 2.75) is 32.7 Å². The molecule has 0 aliphatic rings. The first-order chi connectivity index (χ1) is 8.84. The minimum atomic E-state index is -0.507. The van der Waals surface area contributed by atoms with Crippen molar-refractivity contribution in [1.29, 1.82) is 0 Å². The lowest BCUT2D eigenvalue weighted by atomic mass is 10.0. The molecule has 0 atom stereocenters. The number of rotatable bonds is 6. The highest BCUT2D eigenvalue weighted by atomic mass is 16.6. The van der Waals surface area contributed by atoms with E-state index in [1.165, 1.54) is 18.2 Å². The van der Waals surface area contributed by atoms with Crippen LogP contribution in [-0.2, 0) is 4.79 Å². The van der Waals surface area contributed by atoms with Gasteiger partial charge in [-0.3, -0.25) is 14.9 Å². The molecular formula is C13H18N2O4. The maximum Gasteiger partial charge on any atom is 0.273 e. The van der Waals surface area contributed by atoms with E-state index in [0.29, 0.717) is 5.75 Å². The van der Waals surface area contributed by atoms with Gasteiger partial charge < -0.3 is 10.1 Å². The predicted octanol–water partition coefficient (Wildman–Crippen LogP) is 2.28. The third-order valence-corrected chi connectivity index (χ3v) is 2.76. The van der Waals surface area contributed by atoms with Crippen molar-refractivity contribution >= 4 is 11.6 Å². The zero-order valence-electron chi connectivity index (χ0n) is 11.3. The van der Waals surface area contributed by atoms with Crippen molar-refractivity contribution in [2.24, 2.45) is 0 Å². The van der Waals surface area contributed by atoms with Gasteiger partial charge in [-0.05, 0) is 26.3 Å². The van der Waals surface area contributed by atoms with Gasteiger partial charge >= 0.3 is 0 Å². The molecule has 0 aliphatic carbocycles. The first-order valence-electron chi connectivity index (χ1n) is 6.02. The Balaban J connectivity index is 2.55. The van der Waals surface area contributed by atoms with Crippen LogP contribution in [0.3, 0.4) is 0 Å². The molecule has 6 nitrogen and oxygen atoms in total. The summed E-state index contributed by atoms with van der Waals surface area (Å²) in [5.74, 6) is 0.0528. The molecule has 0 saturated heterocycles. The van der Waals surface area contributed by atoms with E-state index in [1.54, 1.807) is 6.07 Å².